The Morgan fingerprint density at radius 3 is 2.75 bits per heavy atom. The van der Waals surface area contributed by atoms with Crippen LogP contribution in [-0.4, -0.2) is 43.8 Å². The van der Waals surface area contributed by atoms with Gasteiger partial charge in [-0.2, -0.15) is 0 Å². The average Bonchev–Trinajstić information content (AvgIpc) is 3.06. The van der Waals surface area contributed by atoms with Crippen LogP contribution < -0.4 is 4.90 Å². The summed E-state index contributed by atoms with van der Waals surface area (Å²) in [5, 5.41) is 0.319. The van der Waals surface area contributed by atoms with E-state index in [1.807, 2.05) is 36.5 Å². The molecule has 1 aliphatic heterocycles. The summed E-state index contributed by atoms with van der Waals surface area (Å²) in [5.41, 5.74) is 3.05. The van der Waals surface area contributed by atoms with Gasteiger partial charge in [0.15, 0.2) is 0 Å². The number of H-pyrrole nitrogens is 1. The fraction of sp³-hybridized carbons (Fsp3) is 0.333. The molecule has 1 aliphatic rings. The van der Waals surface area contributed by atoms with Gasteiger partial charge in [0, 0.05) is 47.2 Å². The van der Waals surface area contributed by atoms with Crippen LogP contribution in [-0.2, 0) is 10.8 Å². The van der Waals surface area contributed by atoms with E-state index < -0.39 is 10.8 Å². The Hall–Kier alpha value is -2.21. The number of para-hydroxylation sites is 2. The molecule has 5 nitrogen and oxygen atoms in total. The zero-order chi connectivity index (χ0) is 16.5. The third-order valence-corrected chi connectivity index (χ3v) is 6.05. The molecule has 0 saturated carbocycles. The number of aromatic amines is 1. The summed E-state index contributed by atoms with van der Waals surface area (Å²) in [5.74, 6) is 1.83. The third-order valence-electron chi connectivity index (χ3n) is 4.64. The maximum absolute atomic E-state index is 11.6. The number of hydrogen-bond acceptors (Lipinski definition) is 4. The summed E-state index contributed by atoms with van der Waals surface area (Å²) in [6.45, 7) is 1.81. The Bertz CT molecular complexity index is 850. The normalized spacial score (nSPS) is 17.3. The Kier molecular flexibility index (Phi) is 4.06. The molecule has 0 radical (unpaired) electrons. The minimum atomic E-state index is -0.729. The molecule has 6 heteroatoms. The quantitative estimate of drug-likeness (QED) is 0.796. The number of hydrogen-bond donors (Lipinski definition) is 1. The maximum Gasteiger partial charge on any atom is 0.138 e. The molecule has 0 aliphatic carbocycles. The van der Waals surface area contributed by atoms with Crippen molar-refractivity contribution < 1.29 is 4.21 Å². The first-order valence-electron chi connectivity index (χ1n) is 8.19. The first-order valence-corrected chi connectivity index (χ1v) is 9.81. The molecule has 124 valence electrons. The molecule has 1 atom stereocenters. The van der Waals surface area contributed by atoms with E-state index in [4.69, 9.17) is 0 Å². The average molecular weight is 340 g/mol. The highest BCUT2D eigenvalue weighted by molar-refractivity contribution is 7.84. The lowest BCUT2D eigenvalue weighted by Gasteiger charge is -2.31. The standard InChI is InChI=1S/C18H20N4OS/c1-24(23)14-7-10-22(11-8-14)17-12-13(6-9-19-17)18-20-15-4-2-3-5-16(15)21-18/h2-6,9,12,14H,7-8,10-11H2,1H3,(H,20,21). The molecule has 3 aromatic rings. The summed E-state index contributed by atoms with van der Waals surface area (Å²) >= 11 is 0. The molecule has 1 N–H and O–H groups in total. The number of nitrogens with zero attached hydrogens (tertiary/aromatic N) is 3. The highest BCUT2D eigenvalue weighted by Crippen LogP contribution is 2.25. The lowest BCUT2D eigenvalue weighted by Crippen LogP contribution is -2.37. The first kappa shape index (κ1) is 15.3. The van der Waals surface area contributed by atoms with E-state index in [0.717, 1.165) is 54.2 Å². The predicted molar refractivity (Wildman–Crippen MR) is 98.6 cm³/mol. The molecule has 0 spiro atoms. The third kappa shape index (κ3) is 2.94. The molecule has 1 unspecified atom stereocenters. The van der Waals surface area contributed by atoms with Crippen LogP contribution in [0.15, 0.2) is 42.6 Å². The lowest BCUT2D eigenvalue weighted by molar-refractivity contribution is 0.569. The van der Waals surface area contributed by atoms with Crippen LogP contribution in [0.1, 0.15) is 12.8 Å². The number of benzene rings is 1. The first-order chi connectivity index (χ1) is 11.7. The largest absolute Gasteiger partial charge is 0.357 e. The molecule has 3 heterocycles. The molecule has 1 fully saturated rings. The van der Waals surface area contributed by atoms with Crippen LogP contribution in [0.2, 0.25) is 0 Å². The van der Waals surface area contributed by atoms with Crippen molar-refractivity contribution in [3.63, 3.8) is 0 Å². The Morgan fingerprint density at radius 2 is 2.00 bits per heavy atom. The molecule has 1 saturated heterocycles. The summed E-state index contributed by atoms with van der Waals surface area (Å²) in [4.78, 5) is 14.8. The SMILES string of the molecule is CS(=O)C1CCN(c2cc(-c3nc4ccccc4[nH]3)ccn2)CC1. The molecular formula is C18H20N4OS. The van der Waals surface area contributed by atoms with E-state index in [-0.39, 0.29) is 0 Å². The van der Waals surface area contributed by atoms with Crippen LogP contribution in [0.5, 0.6) is 0 Å². The van der Waals surface area contributed by atoms with E-state index in [9.17, 15) is 4.21 Å². The van der Waals surface area contributed by atoms with E-state index >= 15 is 0 Å². The number of anilines is 1. The van der Waals surface area contributed by atoms with E-state index in [2.05, 4.69) is 25.9 Å². The molecule has 4 rings (SSSR count). The fourth-order valence-corrected chi connectivity index (χ4v) is 4.12. The van der Waals surface area contributed by atoms with Crippen molar-refractivity contribution in [1.82, 2.24) is 15.0 Å². The lowest BCUT2D eigenvalue weighted by atomic mass is 10.1. The van der Waals surface area contributed by atoms with Crippen molar-refractivity contribution in [3.8, 4) is 11.4 Å². The Labute approximate surface area is 143 Å². The highest BCUT2D eigenvalue weighted by Gasteiger charge is 2.22. The number of fused-ring (bicyclic) bond motifs is 1. The second-order valence-corrected chi connectivity index (χ2v) is 7.85. The second-order valence-electron chi connectivity index (χ2n) is 6.19. The number of piperidine rings is 1. The van der Waals surface area contributed by atoms with Gasteiger partial charge in [0.25, 0.3) is 0 Å². The smallest absolute Gasteiger partial charge is 0.138 e. The van der Waals surface area contributed by atoms with Gasteiger partial charge in [0.05, 0.1) is 11.0 Å². The van der Waals surface area contributed by atoms with Gasteiger partial charge < -0.3 is 9.88 Å². The van der Waals surface area contributed by atoms with Gasteiger partial charge in [-0.3, -0.25) is 4.21 Å². The molecule has 2 aromatic heterocycles. The number of aromatic nitrogens is 3. The predicted octanol–water partition coefficient (Wildman–Crippen LogP) is 2.97. The second kappa shape index (κ2) is 6.36. The minimum absolute atomic E-state index is 0.319. The monoisotopic (exact) mass is 340 g/mol. The molecule has 24 heavy (non-hydrogen) atoms. The van der Waals surface area contributed by atoms with Gasteiger partial charge in [-0.25, -0.2) is 9.97 Å². The Balaban J connectivity index is 1.59. The summed E-state index contributed by atoms with van der Waals surface area (Å²) in [6, 6.07) is 12.1. The topological polar surface area (TPSA) is 61.9 Å². The number of rotatable bonds is 3. The van der Waals surface area contributed by atoms with E-state index in [1.54, 1.807) is 6.26 Å². The fourth-order valence-electron chi connectivity index (χ4n) is 3.24. The van der Waals surface area contributed by atoms with Gasteiger partial charge in [-0.05, 0) is 37.1 Å². The number of nitrogens with one attached hydrogen (secondary N) is 1. The number of pyridine rings is 1. The van der Waals surface area contributed by atoms with Gasteiger partial charge in [0.2, 0.25) is 0 Å². The van der Waals surface area contributed by atoms with Gasteiger partial charge >= 0.3 is 0 Å². The minimum Gasteiger partial charge on any atom is -0.357 e. The van der Waals surface area contributed by atoms with Gasteiger partial charge in [-0.1, -0.05) is 12.1 Å². The zero-order valence-electron chi connectivity index (χ0n) is 13.6. The summed E-state index contributed by atoms with van der Waals surface area (Å²) in [7, 11) is -0.729. The van der Waals surface area contributed by atoms with Crippen molar-refractivity contribution >= 4 is 27.7 Å². The van der Waals surface area contributed by atoms with Crippen LogP contribution in [0.25, 0.3) is 22.4 Å². The van der Waals surface area contributed by atoms with E-state index in [0.29, 0.717) is 5.25 Å². The molecule has 0 amide bonds. The molecule has 0 bridgehead atoms. The Morgan fingerprint density at radius 1 is 1.21 bits per heavy atom. The van der Waals surface area contributed by atoms with E-state index in [1.165, 1.54) is 0 Å². The summed E-state index contributed by atoms with van der Waals surface area (Å²) in [6.07, 6.45) is 5.56. The van der Waals surface area contributed by atoms with Gasteiger partial charge in [0.1, 0.15) is 11.6 Å². The van der Waals surface area contributed by atoms with Crippen LogP contribution in [0.4, 0.5) is 5.82 Å². The van der Waals surface area contributed by atoms with Crippen LogP contribution in [0.3, 0.4) is 0 Å². The van der Waals surface area contributed by atoms with Crippen molar-refractivity contribution in [1.29, 1.82) is 0 Å². The number of imidazole rings is 1. The van der Waals surface area contributed by atoms with Crippen molar-refractivity contribution in [2.75, 3.05) is 24.2 Å². The van der Waals surface area contributed by atoms with Gasteiger partial charge in [-0.15, -0.1) is 0 Å². The van der Waals surface area contributed by atoms with Crippen molar-refractivity contribution in [2.24, 2.45) is 0 Å². The van der Waals surface area contributed by atoms with Crippen molar-refractivity contribution in [2.45, 2.75) is 18.1 Å². The van der Waals surface area contributed by atoms with Crippen LogP contribution in [0, 0.1) is 0 Å². The summed E-state index contributed by atoms with van der Waals surface area (Å²) < 4.78 is 11.6. The van der Waals surface area contributed by atoms with Crippen LogP contribution >= 0.6 is 0 Å². The molecular weight excluding hydrogens is 320 g/mol. The molecule has 1 aromatic carbocycles. The maximum atomic E-state index is 11.6. The van der Waals surface area contributed by atoms with Crippen molar-refractivity contribution in [3.05, 3.63) is 42.6 Å². The zero-order valence-corrected chi connectivity index (χ0v) is 14.4. The highest BCUT2D eigenvalue weighted by atomic mass is 32.2.